The van der Waals surface area contributed by atoms with Gasteiger partial charge >= 0.3 is 6.03 Å². The number of carbonyl (C=O) groups excluding carboxylic acids is 3. The number of piperazine rings is 1. The lowest BCUT2D eigenvalue weighted by molar-refractivity contribution is -0.384. The number of imide groups is 2. The number of carbonyl (C=O) groups is 3. The summed E-state index contributed by atoms with van der Waals surface area (Å²) in [7, 11) is 0. The quantitative estimate of drug-likeness (QED) is 0.407. The highest BCUT2D eigenvalue weighted by atomic mass is 16.6. The van der Waals surface area contributed by atoms with E-state index in [0.29, 0.717) is 25.2 Å². The van der Waals surface area contributed by atoms with Crippen LogP contribution >= 0.6 is 0 Å². The predicted molar refractivity (Wildman–Crippen MR) is 120 cm³/mol. The molecule has 0 aromatic heterocycles. The van der Waals surface area contributed by atoms with Crippen LogP contribution in [0.2, 0.25) is 0 Å². The topological polar surface area (TPSA) is 125 Å². The fourth-order valence-electron chi connectivity index (χ4n) is 5.34. The van der Waals surface area contributed by atoms with Crippen molar-refractivity contribution in [3.63, 3.8) is 0 Å². The van der Waals surface area contributed by atoms with Gasteiger partial charge in [-0.3, -0.25) is 30.3 Å². The Hall–Kier alpha value is -3.95. The lowest BCUT2D eigenvalue weighted by Gasteiger charge is -2.54. The molecule has 1 spiro atoms. The molecule has 0 bridgehead atoms. The summed E-state index contributed by atoms with van der Waals surface area (Å²) in [5, 5.41) is 15.9. The van der Waals surface area contributed by atoms with Gasteiger partial charge in [-0.1, -0.05) is 12.1 Å². The average Bonchev–Trinajstić information content (AvgIpc) is 2.78. The molecule has 2 saturated heterocycles. The van der Waals surface area contributed by atoms with E-state index < -0.39 is 34.2 Å². The number of non-ortho nitro benzene ring substituents is 1. The Balaban J connectivity index is 1.63. The number of aryl methyl sites for hydroxylation is 1. The standard InChI is InChI=1S/C23H23N5O5/c1-13-4-3-5-17(14(13)2)26-8-9-27-18-7-6-16(28(32)33)10-15(18)11-23(19(27)12-26)20(29)24-22(31)25-21(23)30/h3-7,10,19H,8-9,11-12H2,1-2H3,(H2,24,25,29,30,31)/t19-/m1/s1. The molecule has 0 saturated carbocycles. The maximum Gasteiger partial charge on any atom is 0.328 e. The van der Waals surface area contributed by atoms with E-state index in [1.54, 1.807) is 6.07 Å². The second-order valence-electron chi connectivity index (χ2n) is 8.83. The Morgan fingerprint density at radius 3 is 2.45 bits per heavy atom. The lowest BCUT2D eigenvalue weighted by atomic mass is 9.68. The third-order valence-corrected chi connectivity index (χ3v) is 7.18. The van der Waals surface area contributed by atoms with Gasteiger partial charge in [-0.05, 0) is 42.7 Å². The van der Waals surface area contributed by atoms with Crippen molar-refractivity contribution >= 4 is 34.9 Å². The number of amides is 4. The molecule has 3 aliphatic heterocycles. The Morgan fingerprint density at radius 1 is 1.03 bits per heavy atom. The first-order valence-electron chi connectivity index (χ1n) is 10.7. The number of urea groups is 1. The number of hydrogen-bond donors (Lipinski definition) is 2. The molecule has 3 heterocycles. The predicted octanol–water partition coefficient (Wildman–Crippen LogP) is 1.82. The number of rotatable bonds is 2. The monoisotopic (exact) mass is 449 g/mol. The van der Waals surface area contributed by atoms with Gasteiger partial charge in [-0.25, -0.2) is 4.79 Å². The molecule has 2 fully saturated rings. The molecule has 2 aromatic rings. The number of benzene rings is 2. The molecule has 33 heavy (non-hydrogen) atoms. The first kappa shape index (κ1) is 20.9. The second kappa shape index (κ2) is 7.29. The van der Waals surface area contributed by atoms with E-state index in [1.807, 2.05) is 36.9 Å². The molecule has 10 heteroatoms. The van der Waals surface area contributed by atoms with Crippen molar-refractivity contribution in [1.82, 2.24) is 10.6 Å². The normalized spacial score (nSPS) is 21.3. The molecule has 0 radical (unpaired) electrons. The number of nitrogens with zero attached hydrogens (tertiary/aromatic N) is 3. The third kappa shape index (κ3) is 3.05. The molecular formula is C23H23N5O5. The fraction of sp³-hybridized carbons (Fsp3) is 0.348. The van der Waals surface area contributed by atoms with E-state index in [2.05, 4.69) is 15.5 Å². The van der Waals surface area contributed by atoms with Crippen LogP contribution in [0.25, 0.3) is 0 Å². The maximum absolute atomic E-state index is 13.3. The number of nitro benzene ring substituents is 1. The van der Waals surface area contributed by atoms with E-state index in [4.69, 9.17) is 0 Å². The van der Waals surface area contributed by atoms with Gasteiger partial charge in [0.2, 0.25) is 11.8 Å². The lowest BCUT2D eigenvalue weighted by Crippen LogP contribution is -2.74. The fourth-order valence-corrected chi connectivity index (χ4v) is 5.34. The molecule has 0 unspecified atom stereocenters. The Bertz CT molecular complexity index is 1210. The van der Waals surface area contributed by atoms with E-state index in [9.17, 15) is 24.5 Å². The molecule has 3 aliphatic rings. The van der Waals surface area contributed by atoms with Crippen LogP contribution in [0.3, 0.4) is 0 Å². The van der Waals surface area contributed by atoms with Crippen molar-refractivity contribution in [2.24, 2.45) is 5.41 Å². The molecule has 170 valence electrons. The Morgan fingerprint density at radius 2 is 1.76 bits per heavy atom. The van der Waals surface area contributed by atoms with Gasteiger partial charge in [0.05, 0.1) is 11.0 Å². The highest BCUT2D eigenvalue weighted by Crippen LogP contribution is 2.46. The summed E-state index contributed by atoms with van der Waals surface area (Å²) in [6, 6.07) is 9.17. The minimum Gasteiger partial charge on any atom is -0.367 e. The zero-order valence-corrected chi connectivity index (χ0v) is 18.3. The van der Waals surface area contributed by atoms with Gasteiger partial charge < -0.3 is 9.80 Å². The van der Waals surface area contributed by atoms with Gasteiger partial charge in [0.25, 0.3) is 5.69 Å². The number of hydrogen-bond acceptors (Lipinski definition) is 7. The van der Waals surface area contributed by atoms with Crippen molar-refractivity contribution in [3.8, 4) is 0 Å². The van der Waals surface area contributed by atoms with Crippen LogP contribution in [0.4, 0.5) is 21.9 Å². The van der Waals surface area contributed by atoms with E-state index >= 15 is 0 Å². The molecule has 2 N–H and O–H groups in total. The zero-order chi connectivity index (χ0) is 23.5. The molecule has 1 atom stereocenters. The number of barbiturate groups is 1. The van der Waals surface area contributed by atoms with Crippen LogP contribution in [-0.2, 0) is 16.0 Å². The van der Waals surface area contributed by atoms with Crippen LogP contribution in [0.5, 0.6) is 0 Å². The van der Waals surface area contributed by atoms with E-state index in [0.717, 1.165) is 22.5 Å². The molecule has 10 nitrogen and oxygen atoms in total. The summed E-state index contributed by atoms with van der Waals surface area (Å²) >= 11 is 0. The first-order chi connectivity index (χ1) is 15.7. The molecule has 2 aromatic carbocycles. The van der Waals surface area contributed by atoms with Crippen LogP contribution in [0, 0.1) is 29.4 Å². The van der Waals surface area contributed by atoms with Crippen molar-refractivity contribution in [3.05, 3.63) is 63.2 Å². The van der Waals surface area contributed by atoms with Crippen molar-refractivity contribution in [2.45, 2.75) is 26.3 Å². The highest BCUT2D eigenvalue weighted by Gasteiger charge is 2.61. The Kier molecular flexibility index (Phi) is 4.62. The van der Waals surface area contributed by atoms with Gasteiger partial charge in [0.15, 0.2) is 5.41 Å². The minimum absolute atomic E-state index is 0.0310. The summed E-state index contributed by atoms with van der Waals surface area (Å²) in [6.07, 6.45) is -0.0310. The van der Waals surface area contributed by atoms with Gasteiger partial charge in [0, 0.05) is 49.6 Å². The molecule has 5 rings (SSSR count). The van der Waals surface area contributed by atoms with E-state index in [-0.39, 0.29) is 12.1 Å². The van der Waals surface area contributed by atoms with Gasteiger partial charge in [-0.15, -0.1) is 0 Å². The number of anilines is 2. The summed E-state index contributed by atoms with van der Waals surface area (Å²) in [6.45, 7) is 5.62. The summed E-state index contributed by atoms with van der Waals surface area (Å²) < 4.78 is 0. The Labute approximate surface area is 189 Å². The van der Waals surface area contributed by atoms with Crippen molar-refractivity contribution in [2.75, 3.05) is 29.4 Å². The highest BCUT2D eigenvalue weighted by molar-refractivity contribution is 6.20. The van der Waals surface area contributed by atoms with Gasteiger partial charge in [-0.2, -0.15) is 0 Å². The molecular weight excluding hydrogens is 426 g/mol. The largest absolute Gasteiger partial charge is 0.367 e. The first-order valence-corrected chi connectivity index (χ1v) is 10.7. The van der Waals surface area contributed by atoms with Crippen molar-refractivity contribution < 1.29 is 19.3 Å². The minimum atomic E-state index is -1.59. The van der Waals surface area contributed by atoms with Crippen LogP contribution in [0.15, 0.2) is 36.4 Å². The number of nitro groups is 1. The van der Waals surface area contributed by atoms with Crippen molar-refractivity contribution in [1.29, 1.82) is 0 Å². The second-order valence-corrected chi connectivity index (χ2v) is 8.83. The maximum atomic E-state index is 13.3. The van der Waals surface area contributed by atoms with Crippen LogP contribution < -0.4 is 20.4 Å². The number of fused-ring (bicyclic) bond motifs is 4. The summed E-state index contributed by atoms with van der Waals surface area (Å²) in [4.78, 5) is 53.4. The average molecular weight is 449 g/mol. The molecule has 4 amide bonds. The van der Waals surface area contributed by atoms with E-state index in [1.165, 1.54) is 12.1 Å². The summed E-state index contributed by atoms with van der Waals surface area (Å²) in [5.74, 6) is -1.35. The third-order valence-electron chi connectivity index (χ3n) is 7.18. The van der Waals surface area contributed by atoms with Crippen LogP contribution in [0.1, 0.15) is 16.7 Å². The SMILES string of the molecule is Cc1cccc(N2CCN3c4ccc([N+](=O)[O-])cc4CC4(C(=O)NC(=O)NC4=O)[C@H]3C2)c1C. The van der Waals surface area contributed by atoms with Crippen LogP contribution in [-0.4, -0.2) is 48.4 Å². The van der Waals surface area contributed by atoms with Gasteiger partial charge in [0.1, 0.15) is 0 Å². The number of nitrogens with one attached hydrogen (secondary N) is 2. The zero-order valence-electron chi connectivity index (χ0n) is 18.3. The molecule has 0 aliphatic carbocycles. The smallest absolute Gasteiger partial charge is 0.328 e. The summed E-state index contributed by atoms with van der Waals surface area (Å²) in [5.41, 5.74) is 2.92.